The number of nitrogens with two attached hydrogens (primary N) is 2. The molecule has 16 nitrogen and oxygen atoms in total. The summed E-state index contributed by atoms with van der Waals surface area (Å²) >= 11 is 0. The van der Waals surface area contributed by atoms with E-state index in [0.29, 0.717) is 5.69 Å². The minimum Gasteiger partial charge on any atom is -0.481 e. The number of aromatic amines is 1. The molecule has 0 aliphatic heterocycles. The van der Waals surface area contributed by atoms with Gasteiger partial charge in [0.05, 0.1) is 25.4 Å². The van der Waals surface area contributed by atoms with Crippen LogP contribution in [0.4, 0.5) is 0 Å². The van der Waals surface area contributed by atoms with E-state index in [2.05, 4.69) is 25.9 Å². The number of aliphatic hydroxyl groups is 1. The van der Waals surface area contributed by atoms with Gasteiger partial charge in [-0.25, -0.2) is 9.78 Å². The van der Waals surface area contributed by atoms with E-state index < -0.39 is 79.2 Å². The number of primary amides is 1. The van der Waals surface area contributed by atoms with Crippen LogP contribution < -0.4 is 27.4 Å². The molecule has 16 heteroatoms. The van der Waals surface area contributed by atoms with Gasteiger partial charge in [0.25, 0.3) is 0 Å². The minimum atomic E-state index is -1.66. The Kier molecular flexibility index (Phi) is 11.1. The number of carbonyl (C=O) groups is 6. The first kappa shape index (κ1) is 28.0. The number of aliphatic hydroxyl groups excluding tert-OH is 1. The summed E-state index contributed by atoms with van der Waals surface area (Å²) < 4.78 is 0. The standard InChI is InChI=1S/C18H27N7O9/c19-9(1-2-14(28)29)15(30)25-12(6-26)17(32)23-10(3-8-5-21-7-22-8)16(31)24-11(18(33)34)4-13(20)27/h5,7,9-12,26H,1-4,6,19H2,(H2,20,27)(H,21,22)(H,23,32)(H,24,31)(H,25,30)(H,28,29)(H,33,34). The van der Waals surface area contributed by atoms with Gasteiger partial charge in [0.1, 0.15) is 18.1 Å². The SMILES string of the molecule is NC(=O)CC(NC(=O)C(Cc1cnc[nH]1)NC(=O)C(CO)NC(=O)C(N)CCC(=O)O)C(=O)O. The second-order valence-corrected chi connectivity index (χ2v) is 7.19. The molecule has 1 aromatic rings. The van der Waals surface area contributed by atoms with Crippen molar-refractivity contribution in [3.63, 3.8) is 0 Å². The second kappa shape index (κ2) is 13.5. The van der Waals surface area contributed by atoms with E-state index >= 15 is 0 Å². The molecular formula is C18H27N7O9. The Morgan fingerprint density at radius 3 is 2.06 bits per heavy atom. The monoisotopic (exact) mass is 485 g/mol. The van der Waals surface area contributed by atoms with E-state index in [1.54, 1.807) is 0 Å². The summed E-state index contributed by atoms with van der Waals surface area (Å²) in [6.07, 6.45) is 1.14. The molecule has 0 saturated heterocycles. The zero-order valence-corrected chi connectivity index (χ0v) is 17.9. The molecule has 0 bridgehead atoms. The molecule has 0 spiro atoms. The normalized spacial score (nSPS) is 14.2. The smallest absolute Gasteiger partial charge is 0.326 e. The summed E-state index contributed by atoms with van der Waals surface area (Å²) in [5, 5.41) is 33.9. The lowest BCUT2D eigenvalue weighted by atomic mass is 10.1. The molecule has 4 unspecified atom stereocenters. The number of imidazole rings is 1. The number of rotatable bonds is 15. The third kappa shape index (κ3) is 9.61. The Morgan fingerprint density at radius 1 is 0.971 bits per heavy atom. The summed E-state index contributed by atoms with van der Waals surface area (Å²) in [7, 11) is 0. The Morgan fingerprint density at radius 2 is 1.56 bits per heavy atom. The topological polar surface area (TPSA) is 280 Å². The Labute approximate surface area is 192 Å². The summed E-state index contributed by atoms with van der Waals surface area (Å²) in [6, 6.07) is -5.89. The molecule has 11 N–H and O–H groups in total. The van der Waals surface area contributed by atoms with E-state index in [4.69, 9.17) is 16.6 Å². The highest BCUT2D eigenvalue weighted by Gasteiger charge is 2.31. The number of carboxylic acids is 2. The molecule has 34 heavy (non-hydrogen) atoms. The fraction of sp³-hybridized carbons (Fsp3) is 0.500. The molecule has 1 heterocycles. The quantitative estimate of drug-likeness (QED) is 0.114. The molecule has 1 rings (SSSR count). The second-order valence-electron chi connectivity index (χ2n) is 7.19. The first-order valence-corrected chi connectivity index (χ1v) is 9.92. The van der Waals surface area contributed by atoms with Gasteiger partial charge in [-0.2, -0.15) is 0 Å². The molecule has 4 amide bonds. The van der Waals surface area contributed by atoms with Crippen molar-refractivity contribution in [3.05, 3.63) is 18.2 Å². The summed E-state index contributed by atoms with van der Waals surface area (Å²) in [5.41, 5.74) is 10.9. The summed E-state index contributed by atoms with van der Waals surface area (Å²) in [4.78, 5) is 76.9. The van der Waals surface area contributed by atoms with Crippen LogP contribution in [-0.2, 0) is 35.2 Å². The van der Waals surface area contributed by atoms with Crippen LogP contribution in [-0.4, -0.2) is 91.6 Å². The van der Waals surface area contributed by atoms with E-state index in [1.807, 2.05) is 0 Å². The van der Waals surface area contributed by atoms with Gasteiger partial charge < -0.3 is 47.7 Å². The first-order chi connectivity index (χ1) is 15.9. The van der Waals surface area contributed by atoms with Crippen molar-refractivity contribution in [2.75, 3.05) is 6.61 Å². The number of carbonyl (C=O) groups excluding carboxylic acids is 4. The number of hydrogen-bond acceptors (Lipinski definition) is 9. The Balaban J connectivity index is 2.93. The molecule has 1 aromatic heterocycles. The molecule has 0 aliphatic carbocycles. The minimum absolute atomic E-state index is 0.190. The van der Waals surface area contributed by atoms with Gasteiger partial charge in [0.2, 0.25) is 23.6 Å². The maximum atomic E-state index is 12.7. The number of aromatic nitrogens is 2. The van der Waals surface area contributed by atoms with E-state index in [-0.39, 0.29) is 12.8 Å². The number of amides is 4. The molecule has 0 fully saturated rings. The van der Waals surface area contributed by atoms with Crippen LogP contribution in [0.15, 0.2) is 12.5 Å². The van der Waals surface area contributed by atoms with Crippen LogP contribution >= 0.6 is 0 Å². The Hall–Kier alpha value is -4.05. The van der Waals surface area contributed by atoms with Crippen LogP contribution in [0.5, 0.6) is 0 Å². The maximum Gasteiger partial charge on any atom is 0.326 e. The van der Waals surface area contributed by atoms with Crippen molar-refractivity contribution in [1.29, 1.82) is 0 Å². The largest absolute Gasteiger partial charge is 0.481 e. The third-order valence-corrected chi connectivity index (χ3v) is 4.45. The van der Waals surface area contributed by atoms with Crippen LogP contribution in [0.2, 0.25) is 0 Å². The molecule has 0 saturated carbocycles. The van der Waals surface area contributed by atoms with Crippen molar-refractivity contribution in [1.82, 2.24) is 25.9 Å². The van der Waals surface area contributed by atoms with E-state index in [9.17, 15) is 39.0 Å². The van der Waals surface area contributed by atoms with E-state index in [0.717, 1.165) is 0 Å². The van der Waals surface area contributed by atoms with Crippen LogP contribution in [0.1, 0.15) is 25.0 Å². The van der Waals surface area contributed by atoms with Crippen molar-refractivity contribution < 1.29 is 44.1 Å². The molecule has 188 valence electrons. The van der Waals surface area contributed by atoms with Gasteiger partial charge in [-0.1, -0.05) is 0 Å². The highest BCUT2D eigenvalue weighted by Crippen LogP contribution is 2.03. The number of aliphatic carboxylic acids is 2. The zero-order chi connectivity index (χ0) is 25.8. The van der Waals surface area contributed by atoms with Crippen molar-refractivity contribution in [2.45, 2.75) is 49.9 Å². The lowest BCUT2D eigenvalue weighted by molar-refractivity contribution is -0.143. The van der Waals surface area contributed by atoms with Crippen molar-refractivity contribution >= 4 is 35.6 Å². The highest BCUT2D eigenvalue weighted by atomic mass is 16.4. The van der Waals surface area contributed by atoms with Gasteiger partial charge in [-0.3, -0.25) is 24.0 Å². The molecule has 0 aliphatic rings. The van der Waals surface area contributed by atoms with Crippen molar-refractivity contribution in [2.24, 2.45) is 11.5 Å². The highest BCUT2D eigenvalue weighted by molar-refractivity contribution is 5.95. The lowest BCUT2D eigenvalue weighted by Gasteiger charge is -2.24. The number of carboxylic acid groups (broad SMARTS) is 2. The maximum absolute atomic E-state index is 12.7. The van der Waals surface area contributed by atoms with Gasteiger partial charge in [-0.05, 0) is 6.42 Å². The predicted octanol–water partition coefficient (Wildman–Crippen LogP) is -4.45. The molecule has 0 aromatic carbocycles. The van der Waals surface area contributed by atoms with Crippen LogP contribution in [0.25, 0.3) is 0 Å². The number of hydrogen-bond donors (Lipinski definition) is 9. The van der Waals surface area contributed by atoms with Gasteiger partial charge >= 0.3 is 11.9 Å². The Bertz CT molecular complexity index is 890. The van der Waals surface area contributed by atoms with Crippen molar-refractivity contribution in [3.8, 4) is 0 Å². The average molecular weight is 485 g/mol. The van der Waals surface area contributed by atoms with Gasteiger partial charge in [-0.15, -0.1) is 0 Å². The lowest BCUT2D eigenvalue weighted by Crippen LogP contribution is -2.58. The zero-order valence-electron chi connectivity index (χ0n) is 17.9. The van der Waals surface area contributed by atoms with Gasteiger partial charge in [0.15, 0.2) is 0 Å². The van der Waals surface area contributed by atoms with Crippen LogP contribution in [0, 0.1) is 0 Å². The summed E-state index contributed by atoms with van der Waals surface area (Å²) in [5.74, 6) is -6.60. The fourth-order valence-electron chi connectivity index (χ4n) is 2.65. The molecule has 4 atom stereocenters. The van der Waals surface area contributed by atoms with Gasteiger partial charge in [0, 0.05) is 24.7 Å². The van der Waals surface area contributed by atoms with Crippen LogP contribution in [0.3, 0.4) is 0 Å². The number of H-pyrrole nitrogens is 1. The summed E-state index contributed by atoms with van der Waals surface area (Å²) in [6.45, 7) is -0.888. The first-order valence-electron chi connectivity index (χ1n) is 9.92. The third-order valence-electron chi connectivity index (χ3n) is 4.45. The number of nitrogens with one attached hydrogen (secondary N) is 4. The molecular weight excluding hydrogens is 458 g/mol. The number of nitrogens with zero attached hydrogens (tertiary/aromatic N) is 1. The molecule has 0 radical (unpaired) electrons. The fourth-order valence-corrected chi connectivity index (χ4v) is 2.65. The average Bonchev–Trinajstić information content (AvgIpc) is 3.27. The van der Waals surface area contributed by atoms with E-state index in [1.165, 1.54) is 12.5 Å². The predicted molar refractivity (Wildman–Crippen MR) is 111 cm³/mol.